The summed E-state index contributed by atoms with van der Waals surface area (Å²) in [6.45, 7) is 13.5. The van der Waals surface area contributed by atoms with E-state index in [4.69, 9.17) is 18.1 Å². The molecule has 0 rings (SSSR count). The van der Waals surface area contributed by atoms with Gasteiger partial charge in [0, 0.05) is 0 Å². The summed E-state index contributed by atoms with van der Waals surface area (Å²) in [5.41, 5.74) is 0. The van der Waals surface area contributed by atoms with Crippen molar-refractivity contribution in [2.75, 3.05) is 0 Å². The summed E-state index contributed by atoms with van der Waals surface area (Å²) in [7, 11) is -8.10. The third-order valence-electron chi connectivity index (χ3n) is 1.68. The molecule has 6 nitrogen and oxygen atoms in total. The van der Waals surface area contributed by atoms with E-state index in [1.54, 1.807) is 55.4 Å². The predicted molar refractivity (Wildman–Crippen MR) is 80.1 cm³/mol. The number of hydrogen-bond donors (Lipinski definition) is 0. The molecule has 0 fully saturated rings. The van der Waals surface area contributed by atoms with E-state index in [1.807, 2.05) is 0 Å². The molecule has 8 heteroatoms. The minimum Gasteiger partial charge on any atom is -0.297 e. The lowest BCUT2D eigenvalue weighted by atomic mass is 10.5. The molecule has 0 N–H and O–H groups in total. The summed E-state index contributed by atoms with van der Waals surface area (Å²) >= 11 is 0. The van der Waals surface area contributed by atoms with E-state index in [2.05, 4.69) is 0 Å². The van der Waals surface area contributed by atoms with Crippen LogP contribution < -0.4 is 0 Å². The Balaban J connectivity index is 5.61. The van der Waals surface area contributed by atoms with E-state index in [0.29, 0.717) is 0 Å². The van der Waals surface area contributed by atoms with Gasteiger partial charge in [0.15, 0.2) is 0 Å². The van der Waals surface area contributed by atoms with Crippen molar-refractivity contribution >= 4 is 14.6 Å². The Bertz CT molecular complexity index is 314. The van der Waals surface area contributed by atoms with Gasteiger partial charge in [-0.2, -0.15) is 0 Å². The van der Waals surface area contributed by atoms with E-state index in [0.717, 1.165) is 0 Å². The largest absolute Gasteiger partial charge is 0.441 e. The second-order valence-electron chi connectivity index (χ2n) is 5.55. The summed E-state index contributed by atoms with van der Waals surface area (Å²) in [4.78, 5) is 0. The van der Waals surface area contributed by atoms with Crippen molar-refractivity contribution < 1.29 is 27.2 Å². The molecule has 0 aromatic carbocycles. The maximum absolute atomic E-state index is 13.0. The highest BCUT2D eigenvalue weighted by molar-refractivity contribution is 8.27. The first-order valence-corrected chi connectivity index (χ1v) is 10.6. The van der Waals surface area contributed by atoms with Gasteiger partial charge < -0.3 is 0 Å². The van der Waals surface area contributed by atoms with Crippen LogP contribution in [0.25, 0.3) is 0 Å². The van der Waals surface area contributed by atoms with E-state index in [9.17, 15) is 9.13 Å². The van der Waals surface area contributed by atoms with Crippen molar-refractivity contribution in [1.29, 1.82) is 0 Å². The molecule has 20 heavy (non-hydrogen) atoms. The SMILES string of the molecule is CC(C)OP(=O)(OC(C)C)P(=O)(OC(C)C)OC(C)C. The first-order chi connectivity index (χ1) is 8.92. The van der Waals surface area contributed by atoms with Crippen LogP contribution in [0.4, 0.5) is 0 Å². The summed E-state index contributed by atoms with van der Waals surface area (Å²) in [5, 5.41) is 0. The van der Waals surface area contributed by atoms with Gasteiger partial charge in [0.1, 0.15) is 0 Å². The summed E-state index contributed by atoms with van der Waals surface area (Å²) < 4.78 is 47.3. The minimum atomic E-state index is -4.05. The Hall–Kier alpha value is 0.300. The molecule has 0 aliphatic carbocycles. The van der Waals surface area contributed by atoms with Crippen LogP contribution in [-0.4, -0.2) is 24.4 Å². The maximum Gasteiger partial charge on any atom is 0.441 e. The fourth-order valence-electron chi connectivity index (χ4n) is 1.35. The zero-order valence-corrected chi connectivity index (χ0v) is 15.4. The van der Waals surface area contributed by atoms with Crippen molar-refractivity contribution in [2.45, 2.75) is 79.8 Å². The van der Waals surface area contributed by atoms with Crippen LogP contribution in [0.2, 0.25) is 0 Å². The molecule has 0 spiro atoms. The molecule has 0 heterocycles. The highest BCUT2D eigenvalue weighted by atomic mass is 32.1. The van der Waals surface area contributed by atoms with Gasteiger partial charge in [-0.3, -0.25) is 18.1 Å². The van der Waals surface area contributed by atoms with Gasteiger partial charge >= 0.3 is 14.6 Å². The van der Waals surface area contributed by atoms with Crippen LogP contribution in [0.15, 0.2) is 0 Å². The molecular weight excluding hydrogens is 302 g/mol. The Kier molecular flexibility index (Phi) is 8.19. The van der Waals surface area contributed by atoms with Gasteiger partial charge in [0.05, 0.1) is 24.4 Å². The van der Waals surface area contributed by atoms with Gasteiger partial charge in [-0.15, -0.1) is 0 Å². The molecular formula is C12H28O6P2. The third kappa shape index (κ3) is 6.38. The smallest absolute Gasteiger partial charge is 0.297 e. The van der Waals surface area contributed by atoms with Gasteiger partial charge in [-0.05, 0) is 55.4 Å². The van der Waals surface area contributed by atoms with Crippen molar-refractivity contribution in [1.82, 2.24) is 0 Å². The second-order valence-corrected chi connectivity index (χ2v) is 11.2. The molecule has 0 atom stereocenters. The normalized spacial score (nSPS) is 14.0. The van der Waals surface area contributed by atoms with Crippen molar-refractivity contribution in [3.05, 3.63) is 0 Å². The van der Waals surface area contributed by atoms with Crippen molar-refractivity contribution in [2.24, 2.45) is 0 Å². The number of hydrogen-bond acceptors (Lipinski definition) is 6. The molecule has 122 valence electrons. The fourth-order valence-corrected chi connectivity index (χ4v) is 7.69. The van der Waals surface area contributed by atoms with E-state index < -0.39 is 39.0 Å². The minimum absolute atomic E-state index is 0.431. The standard InChI is InChI=1S/C12H28O6P2/c1-9(2)15-19(13,16-10(3)4)20(14,17-11(5)6)18-12(7)8/h9-12H,1-8H3. The molecule has 0 amide bonds. The number of rotatable bonds is 9. The van der Waals surface area contributed by atoms with Crippen molar-refractivity contribution in [3.63, 3.8) is 0 Å². The lowest BCUT2D eigenvalue weighted by Crippen LogP contribution is -2.14. The average Bonchev–Trinajstić information content (AvgIpc) is 2.10. The topological polar surface area (TPSA) is 71.1 Å². The quantitative estimate of drug-likeness (QED) is 0.555. The highest BCUT2D eigenvalue weighted by Crippen LogP contribution is 2.85. The Morgan fingerprint density at radius 1 is 0.500 bits per heavy atom. The fraction of sp³-hybridized carbons (Fsp3) is 1.00. The first kappa shape index (κ1) is 20.3. The summed E-state index contributed by atoms with van der Waals surface area (Å²) in [6, 6.07) is 0. The van der Waals surface area contributed by atoms with E-state index in [-0.39, 0.29) is 0 Å². The molecule has 0 saturated heterocycles. The van der Waals surface area contributed by atoms with E-state index >= 15 is 0 Å². The Morgan fingerprint density at radius 3 is 0.750 bits per heavy atom. The van der Waals surface area contributed by atoms with Crippen LogP contribution in [0.3, 0.4) is 0 Å². The molecule has 0 aliphatic heterocycles. The summed E-state index contributed by atoms with van der Waals surface area (Å²) in [6.07, 6.45) is -1.72. The van der Waals surface area contributed by atoms with Crippen LogP contribution in [0.5, 0.6) is 0 Å². The van der Waals surface area contributed by atoms with Crippen LogP contribution >= 0.6 is 14.6 Å². The van der Waals surface area contributed by atoms with Crippen LogP contribution in [-0.2, 0) is 27.2 Å². The Labute approximate surface area is 122 Å². The lowest BCUT2D eigenvalue weighted by molar-refractivity contribution is 0.117. The summed E-state index contributed by atoms with van der Waals surface area (Å²) in [5.74, 6) is 0. The zero-order valence-electron chi connectivity index (χ0n) is 13.7. The van der Waals surface area contributed by atoms with Crippen LogP contribution in [0, 0.1) is 0 Å². The predicted octanol–water partition coefficient (Wildman–Crippen LogP) is 4.99. The van der Waals surface area contributed by atoms with Gasteiger partial charge in [0.25, 0.3) is 0 Å². The van der Waals surface area contributed by atoms with Crippen molar-refractivity contribution in [3.8, 4) is 0 Å². The van der Waals surface area contributed by atoms with Gasteiger partial charge in [-0.1, -0.05) is 0 Å². The van der Waals surface area contributed by atoms with Crippen LogP contribution in [0.1, 0.15) is 55.4 Å². The van der Waals surface area contributed by atoms with Gasteiger partial charge in [0.2, 0.25) is 0 Å². The lowest BCUT2D eigenvalue weighted by Gasteiger charge is -2.30. The molecule has 0 radical (unpaired) electrons. The maximum atomic E-state index is 13.0. The molecule has 0 aromatic rings. The first-order valence-electron chi connectivity index (χ1n) is 6.86. The molecule has 0 bridgehead atoms. The average molecular weight is 330 g/mol. The third-order valence-corrected chi connectivity index (χ3v) is 7.96. The molecule has 0 aromatic heterocycles. The molecule has 0 saturated carbocycles. The zero-order chi connectivity index (χ0) is 16.1. The Morgan fingerprint density at radius 2 is 0.650 bits per heavy atom. The second kappa shape index (κ2) is 8.07. The highest BCUT2D eigenvalue weighted by Gasteiger charge is 2.53. The molecule has 0 unspecified atom stereocenters. The van der Waals surface area contributed by atoms with Gasteiger partial charge in [-0.25, -0.2) is 9.13 Å². The van der Waals surface area contributed by atoms with E-state index in [1.165, 1.54) is 0 Å². The monoisotopic (exact) mass is 330 g/mol. The molecule has 0 aliphatic rings.